The second-order valence-electron chi connectivity index (χ2n) is 5.22. The van der Waals surface area contributed by atoms with Crippen LogP contribution in [0.3, 0.4) is 0 Å². The van der Waals surface area contributed by atoms with E-state index in [-0.39, 0.29) is 5.56 Å². The van der Waals surface area contributed by atoms with Crippen LogP contribution in [0, 0.1) is 0 Å². The monoisotopic (exact) mass is 430 g/mol. The van der Waals surface area contributed by atoms with Crippen LogP contribution in [0.5, 0.6) is 0 Å². The quantitative estimate of drug-likeness (QED) is 0.702. The second kappa shape index (κ2) is 6.23. The summed E-state index contributed by atoms with van der Waals surface area (Å²) in [5.41, 5.74) is 1.43. The summed E-state index contributed by atoms with van der Waals surface area (Å²) in [6, 6.07) is 5.52. The Morgan fingerprint density at radius 2 is 1.95 bits per heavy atom. The van der Waals surface area contributed by atoms with Crippen LogP contribution in [-0.4, -0.2) is 9.97 Å². The van der Waals surface area contributed by atoms with E-state index in [4.69, 9.17) is 11.6 Å². The van der Waals surface area contributed by atoms with Gasteiger partial charge in [-0.25, -0.2) is 4.98 Å². The second-order valence-corrected chi connectivity index (χ2v) is 7.34. The first-order chi connectivity index (χ1) is 10.1. The number of nitrogens with zero attached hydrogens (tertiary/aromatic N) is 1. The normalized spacial score (nSPS) is 15.6. The van der Waals surface area contributed by atoms with Crippen molar-refractivity contribution in [2.24, 2.45) is 0 Å². The Balaban J connectivity index is 2.15. The van der Waals surface area contributed by atoms with Gasteiger partial charge in [-0.05, 0) is 47.0 Å². The van der Waals surface area contributed by atoms with Gasteiger partial charge in [0.1, 0.15) is 10.3 Å². The highest BCUT2D eigenvalue weighted by Crippen LogP contribution is 2.36. The summed E-state index contributed by atoms with van der Waals surface area (Å²) in [7, 11) is 0. The molecule has 21 heavy (non-hydrogen) atoms. The molecule has 0 bridgehead atoms. The minimum atomic E-state index is -0.155. The number of hydrogen-bond acceptors (Lipinski definition) is 2. The zero-order valence-electron chi connectivity index (χ0n) is 11.1. The van der Waals surface area contributed by atoms with Gasteiger partial charge in [-0.3, -0.25) is 4.79 Å². The van der Waals surface area contributed by atoms with Crippen molar-refractivity contribution in [3.05, 3.63) is 48.2 Å². The van der Waals surface area contributed by atoms with Crippen LogP contribution >= 0.6 is 43.5 Å². The van der Waals surface area contributed by atoms with E-state index in [2.05, 4.69) is 41.8 Å². The summed E-state index contributed by atoms with van der Waals surface area (Å²) in [6.45, 7) is 0. The van der Waals surface area contributed by atoms with E-state index in [1.54, 1.807) is 6.07 Å². The Morgan fingerprint density at radius 3 is 2.67 bits per heavy atom. The Labute approximate surface area is 144 Å². The molecule has 1 saturated carbocycles. The van der Waals surface area contributed by atoms with Crippen molar-refractivity contribution in [3.63, 3.8) is 0 Å². The molecule has 110 valence electrons. The third-order valence-corrected chi connectivity index (χ3v) is 5.40. The molecule has 0 atom stereocenters. The number of halogens is 3. The van der Waals surface area contributed by atoms with Crippen LogP contribution < -0.4 is 5.56 Å². The molecule has 2 aromatic rings. The predicted molar refractivity (Wildman–Crippen MR) is 91.9 cm³/mol. The van der Waals surface area contributed by atoms with Crippen molar-refractivity contribution in [1.29, 1.82) is 0 Å². The molecule has 0 spiro atoms. The molecule has 1 heterocycles. The lowest BCUT2D eigenvalue weighted by Gasteiger charge is -2.13. The molecule has 0 radical (unpaired) electrons. The average molecular weight is 433 g/mol. The van der Waals surface area contributed by atoms with Gasteiger partial charge in [-0.2, -0.15) is 0 Å². The Hall–Kier alpha value is -0.650. The van der Waals surface area contributed by atoms with E-state index in [0.717, 1.165) is 28.6 Å². The third kappa shape index (κ3) is 3.10. The fourth-order valence-corrected chi connectivity index (χ4v) is 3.83. The largest absolute Gasteiger partial charge is 0.305 e. The van der Waals surface area contributed by atoms with Gasteiger partial charge in [0.2, 0.25) is 0 Å². The number of H-pyrrole nitrogens is 1. The van der Waals surface area contributed by atoms with Gasteiger partial charge < -0.3 is 4.98 Å². The van der Waals surface area contributed by atoms with Gasteiger partial charge in [-0.15, -0.1) is 0 Å². The molecule has 1 aromatic heterocycles. The first-order valence-electron chi connectivity index (χ1n) is 6.81. The van der Waals surface area contributed by atoms with Crippen molar-refractivity contribution in [3.8, 4) is 11.4 Å². The van der Waals surface area contributed by atoms with Crippen LogP contribution in [-0.2, 0) is 0 Å². The van der Waals surface area contributed by atoms with E-state index in [1.807, 2.05) is 12.1 Å². The Bertz CT molecular complexity index is 739. The van der Waals surface area contributed by atoms with Gasteiger partial charge in [0.25, 0.3) is 5.56 Å². The van der Waals surface area contributed by atoms with Gasteiger partial charge in [0.05, 0.1) is 10.7 Å². The highest BCUT2D eigenvalue weighted by molar-refractivity contribution is 9.10. The lowest BCUT2D eigenvalue weighted by atomic mass is 10.0. The zero-order valence-corrected chi connectivity index (χ0v) is 15.1. The Kier molecular flexibility index (Phi) is 4.52. The van der Waals surface area contributed by atoms with Crippen molar-refractivity contribution in [2.75, 3.05) is 0 Å². The molecule has 3 rings (SSSR count). The lowest BCUT2D eigenvalue weighted by Crippen LogP contribution is -2.15. The van der Waals surface area contributed by atoms with E-state index in [1.165, 1.54) is 12.8 Å². The van der Waals surface area contributed by atoms with Crippen LogP contribution in [0.15, 0.2) is 31.9 Å². The zero-order chi connectivity index (χ0) is 15.0. The maximum Gasteiger partial charge on any atom is 0.265 e. The van der Waals surface area contributed by atoms with Gasteiger partial charge in [-0.1, -0.05) is 40.4 Å². The summed E-state index contributed by atoms with van der Waals surface area (Å²) in [5, 5.41) is 0.570. The molecule has 1 N–H and O–H groups in total. The number of benzene rings is 1. The van der Waals surface area contributed by atoms with Crippen LogP contribution in [0.1, 0.15) is 37.3 Å². The average Bonchev–Trinajstić information content (AvgIpc) is 2.98. The van der Waals surface area contributed by atoms with Crippen molar-refractivity contribution >= 4 is 43.5 Å². The molecule has 1 aliphatic carbocycles. The van der Waals surface area contributed by atoms with Crippen LogP contribution in [0.4, 0.5) is 0 Å². The van der Waals surface area contributed by atoms with Crippen molar-refractivity contribution in [1.82, 2.24) is 9.97 Å². The molecular weight excluding hydrogens is 419 g/mol. The molecule has 6 heteroatoms. The molecule has 0 unspecified atom stereocenters. The summed E-state index contributed by atoms with van der Waals surface area (Å²) >= 11 is 13.0. The smallest absolute Gasteiger partial charge is 0.265 e. The maximum atomic E-state index is 12.2. The van der Waals surface area contributed by atoms with E-state index < -0.39 is 0 Å². The molecule has 3 nitrogen and oxygen atoms in total. The number of rotatable bonds is 2. The third-order valence-electron chi connectivity index (χ3n) is 3.81. The van der Waals surface area contributed by atoms with Crippen molar-refractivity contribution in [2.45, 2.75) is 31.6 Å². The Morgan fingerprint density at radius 1 is 1.24 bits per heavy atom. The van der Waals surface area contributed by atoms with E-state index in [9.17, 15) is 4.79 Å². The molecule has 1 fully saturated rings. The van der Waals surface area contributed by atoms with Crippen molar-refractivity contribution < 1.29 is 0 Å². The van der Waals surface area contributed by atoms with Gasteiger partial charge in [0, 0.05) is 16.0 Å². The topological polar surface area (TPSA) is 45.8 Å². The molecule has 0 saturated heterocycles. The van der Waals surface area contributed by atoms with Gasteiger partial charge in [0.15, 0.2) is 0 Å². The maximum absolute atomic E-state index is 12.2. The van der Waals surface area contributed by atoms with E-state index in [0.29, 0.717) is 21.2 Å². The van der Waals surface area contributed by atoms with Crippen LogP contribution in [0.25, 0.3) is 11.4 Å². The predicted octanol–water partition coefficient (Wildman–Crippen LogP) is 5.27. The molecule has 0 amide bonds. The first kappa shape index (κ1) is 15.3. The minimum Gasteiger partial charge on any atom is -0.305 e. The number of aromatic nitrogens is 2. The molecule has 0 aliphatic heterocycles. The molecular formula is C15H13Br2ClN2O. The summed E-state index contributed by atoms with van der Waals surface area (Å²) < 4.78 is 1.44. The summed E-state index contributed by atoms with van der Waals surface area (Å²) in [5.74, 6) is 0.878. The SMILES string of the molecule is O=c1[nH]c(-c2cc(Br)ccc2Cl)nc(C2CCCC2)c1Br. The van der Waals surface area contributed by atoms with Gasteiger partial charge >= 0.3 is 0 Å². The van der Waals surface area contributed by atoms with Crippen LogP contribution in [0.2, 0.25) is 5.02 Å². The highest BCUT2D eigenvalue weighted by Gasteiger charge is 2.23. The lowest BCUT2D eigenvalue weighted by molar-refractivity contribution is 0.688. The number of nitrogens with one attached hydrogen (secondary N) is 1. The minimum absolute atomic E-state index is 0.155. The molecule has 1 aromatic carbocycles. The van der Waals surface area contributed by atoms with E-state index >= 15 is 0 Å². The highest BCUT2D eigenvalue weighted by atomic mass is 79.9. The fraction of sp³-hybridized carbons (Fsp3) is 0.333. The standard InChI is InChI=1S/C15H13Br2ClN2O/c16-9-5-6-11(18)10(7-9)14-19-13(8-3-1-2-4-8)12(17)15(21)20-14/h5-8H,1-4H2,(H,19,20,21). The number of aromatic amines is 1. The molecule has 1 aliphatic rings. The number of hydrogen-bond donors (Lipinski definition) is 1. The summed E-state index contributed by atoms with van der Waals surface area (Å²) in [4.78, 5) is 19.7. The summed E-state index contributed by atoms with van der Waals surface area (Å²) in [6.07, 6.45) is 4.55. The fourth-order valence-electron chi connectivity index (χ4n) is 2.75. The first-order valence-corrected chi connectivity index (χ1v) is 8.78.